The van der Waals surface area contributed by atoms with Crippen LogP contribution in [0.3, 0.4) is 0 Å². The maximum Gasteiger partial charge on any atom is 0.0231 e. The molecule has 0 saturated heterocycles. The van der Waals surface area contributed by atoms with Gasteiger partial charge in [-0.3, -0.25) is 0 Å². The van der Waals surface area contributed by atoms with Crippen LogP contribution in [-0.4, -0.2) is 16.0 Å². The standard InChI is InChI=1S/C14H25NS/c1-13(2,9-15)16-14-6-10-3-11(7-14)5-12(4-10)8-14/h10-12H,3-9,15H2,1-2H3. The van der Waals surface area contributed by atoms with Gasteiger partial charge in [-0.15, -0.1) is 11.8 Å². The lowest BCUT2D eigenvalue weighted by molar-refractivity contribution is 0.0378. The first kappa shape index (κ1) is 11.4. The van der Waals surface area contributed by atoms with E-state index in [2.05, 4.69) is 25.6 Å². The van der Waals surface area contributed by atoms with E-state index in [4.69, 9.17) is 5.73 Å². The van der Waals surface area contributed by atoms with Crippen LogP contribution in [0.15, 0.2) is 0 Å². The van der Waals surface area contributed by atoms with Crippen LogP contribution in [-0.2, 0) is 0 Å². The third-order valence-corrected chi connectivity index (χ3v) is 6.62. The summed E-state index contributed by atoms with van der Waals surface area (Å²) in [5, 5.41) is 0. The van der Waals surface area contributed by atoms with Gasteiger partial charge in [0.05, 0.1) is 0 Å². The first-order chi connectivity index (χ1) is 7.50. The minimum atomic E-state index is 0.283. The summed E-state index contributed by atoms with van der Waals surface area (Å²) in [6.45, 7) is 5.48. The normalized spacial score (nSPS) is 46.3. The van der Waals surface area contributed by atoms with Crippen molar-refractivity contribution in [2.75, 3.05) is 6.54 Å². The van der Waals surface area contributed by atoms with Crippen molar-refractivity contribution in [3.05, 3.63) is 0 Å². The highest BCUT2D eigenvalue weighted by Crippen LogP contribution is 2.62. The van der Waals surface area contributed by atoms with Crippen molar-refractivity contribution >= 4 is 11.8 Å². The van der Waals surface area contributed by atoms with Crippen LogP contribution in [0.5, 0.6) is 0 Å². The minimum Gasteiger partial charge on any atom is -0.329 e. The van der Waals surface area contributed by atoms with Crippen LogP contribution in [0.2, 0.25) is 0 Å². The van der Waals surface area contributed by atoms with Crippen LogP contribution in [0.4, 0.5) is 0 Å². The van der Waals surface area contributed by atoms with E-state index in [0.717, 1.165) is 24.3 Å². The molecule has 0 aromatic rings. The van der Waals surface area contributed by atoms with Gasteiger partial charge >= 0.3 is 0 Å². The van der Waals surface area contributed by atoms with Gasteiger partial charge < -0.3 is 5.73 Å². The van der Waals surface area contributed by atoms with Gasteiger partial charge in [-0.25, -0.2) is 0 Å². The second-order valence-corrected chi connectivity index (χ2v) is 9.34. The molecule has 0 unspecified atom stereocenters. The molecule has 4 bridgehead atoms. The molecular formula is C14H25NS. The second kappa shape index (κ2) is 3.65. The van der Waals surface area contributed by atoms with Crippen molar-refractivity contribution in [3.8, 4) is 0 Å². The summed E-state index contributed by atoms with van der Waals surface area (Å²) in [6.07, 6.45) is 9.11. The zero-order valence-corrected chi connectivity index (χ0v) is 11.5. The second-order valence-electron chi connectivity index (χ2n) is 7.17. The van der Waals surface area contributed by atoms with E-state index in [9.17, 15) is 0 Å². The zero-order valence-electron chi connectivity index (χ0n) is 10.7. The van der Waals surface area contributed by atoms with Gasteiger partial charge in [0.2, 0.25) is 0 Å². The highest BCUT2D eigenvalue weighted by molar-refractivity contribution is 8.02. The third kappa shape index (κ3) is 1.92. The lowest BCUT2D eigenvalue weighted by Gasteiger charge is -2.58. The lowest BCUT2D eigenvalue weighted by Crippen LogP contribution is -2.50. The average Bonchev–Trinajstić information content (AvgIpc) is 2.13. The first-order valence-corrected chi connectivity index (χ1v) is 7.72. The number of hydrogen-bond acceptors (Lipinski definition) is 2. The SMILES string of the molecule is CC(C)(CN)SC12CC3CC(CC(C3)C1)C2. The van der Waals surface area contributed by atoms with Crippen molar-refractivity contribution in [2.45, 2.75) is 61.9 Å². The molecule has 4 fully saturated rings. The molecule has 0 amide bonds. The van der Waals surface area contributed by atoms with Gasteiger partial charge in [-0.05, 0) is 70.1 Å². The number of rotatable bonds is 3. The van der Waals surface area contributed by atoms with Crippen LogP contribution in [0, 0.1) is 17.8 Å². The smallest absolute Gasteiger partial charge is 0.0231 e. The molecule has 0 spiro atoms. The van der Waals surface area contributed by atoms with Gasteiger partial charge in [0.1, 0.15) is 0 Å². The molecule has 0 aromatic heterocycles. The number of nitrogens with two attached hydrogens (primary N) is 1. The lowest BCUT2D eigenvalue weighted by atomic mass is 9.56. The van der Waals surface area contributed by atoms with Gasteiger partial charge in [0.15, 0.2) is 0 Å². The Hall–Kier alpha value is 0.310. The predicted octanol–water partition coefficient (Wildman–Crippen LogP) is 3.43. The number of hydrogen-bond donors (Lipinski definition) is 1. The molecule has 1 nitrogen and oxygen atoms in total. The van der Waals surface area contributed by atoms with E-state index in [-0.39, 0.29) is 4.75 Å². The third-order valence-electron chi connectivity index (χ3n) is 4.97. The van der Waals surface area contributed by atoms with E-state index in [1.54, 1.807) is 19.3 Å². The van der Waals surface area contributed by atoms with Crippen molar-refractivity contribution < 1.29 is 0 Å². The molecule has 2 heteroatoms. The van der Waals surface area contributed by atoms with Crippen molar-refractivity contribution in [2.24, 2.45) is 23.5 Å². The predicted molar refractivity (Wildman–Crippen MR) is 71.6 cm³/mol. The van der Waals surface area contributed by atoms with Crippen LogP contribution < -0.4 is 5.73 Å². The maximum atomic E-state index is 5.91. The van der Waals surface area contributed by atoms with E-state index in [0.29, 0.717) is 4.75 Å². The molecule has 0 atom stereocenters. The summed E-state index contributed by atoms with van der Waals surface area (Å²) in [5.41, 5.74) is 5.91. The fraction of sp³-hybridized carbons (Fsp3) is 1.00. The van der Waals surface area contributed by atoms with Crippen LogP contribution in [0.1, 0.15) is 52.4 Å². The monoisotopic (exact) mass is 239 g/mol. The Morgan fingerprint density at radius 3 is 1.88 bits per heavy atom. The Morgan fingerprint density at radius 1 is 1.06 bits per heavy atom. The van der Waals surface area contributed by atoms with E-state index < -0.39 is 0 Å². The van der Waals surface area contributed by atoms with Crippen LogP contribution >= 0.6 is 11.8 Å². The number of thioether (sulfide) groups is 1. The summed E-state index contributed by atoms with van der Waals surface area (Å²) in [5.74, 6) is 3.19. The Labute approximate surface area is 104 Å². The fourth-order valence-electron chi connectivity index (χ4n) is 4.78. The maximum absolute atomic E-state index is 5.91. The molecular weight excluding hydrogens is 214 g/mol. The molecule has 4 saturated carbocycles. The van der Waals surface area contributed by atoms with Gasteiger partial charge in [0, 0.05) is 16.0 Å². The fourth-order valence-corrected chi connectivity index (χ4v) is 7.00. The summed E-state index contributed by atoms with van der Waals surface area (Å²) >= 11 is 2.23. The summed E-state index contributed by atoms with van der Waals surface area (Å²) < 4.78 is 0.906. The quantitative estimate of drug-likeness (QED) is 0.816. The zero-order chi connectivity index (χ0) is 11.4. The van der Waals surface area contributed by atoms with Gasteiger partial charge in [-0.2, -0.15) is 0 Å². The highest BCUT2D eigenvalue weighted by atomic mass is 32.2. The van der Waals surface area contributed by atoms with Crippen molar-refractivity contribution in [1.29, 1.82) is 0 Å². The minimum absolute atomic E-state index is 0.283. The Bertz CT molecular complexity index is 249. The molecule has 4 aliphatic rings. The molecule has 0 aromatic carbocycles. The molecule has 92 valence electrons. The summed E-state index contributed by atoms with van der Waals surface area (Å²) in [4.78, 5) is 0. The van der Waals surface area contributed by atoms with Crippen molar-refractivity contribution in [1.82, 2.24) is 0 Å². The van der Waals surface area contributed by atoms with Gasteiger partial charge in [0.25, 0.3) is 0 Å². The van der Waals surface area contributed by atoms with Crippen LogP contribution in [0.25, 0.3) is 0 Å². The molecule has 2 N–H and O–H groups in total. The summed E-state index contributed by atoms with van der Waals surface area (Å²) in [6, 6.07) is 0. The van der Waals surface area contributed by atoms with E-state index >= 15 is 0 Å². The molecule has 16 heavy (non-hydrogen) atoms. The molecule has 0 heterocycles. The van der Waals surface area contributed by atoms with Gasteiger partial charge in [-0.1, -0.05) is 0 Å². The highest BCUT2D eigenvalue weighted by Gasteiger charge is 2.52. The molecule has 0 aliphatic heterocycles. The average molecular weight is 239 g/mol. The van der Waals surface area contributed by atoms with E-state index in [1.165, 1.54) is 19.3 Å². The molecule has 4 aliphatic carbocycles. The largest absolute Gasteiger partial charge is 0.329 e. The van der Waals surface area contributed by atoms with Crippen molar-refractivity contribution in [3.63, 3.8) is 0 Å². The summed E-state index contributed by atoms with van der Waals surface area (Å²) in [7, 11) is 0. The first-order valence-electron chi connectivity index (χ1n) is 6.90. The Kier molecular flexibility index (Phi) is 2.60. The molecule has 4 rings (SSSR count). The van der Waals surface area contributed by atoms with E-state index in [1.807, 2.05) is 0 Å². The topological polar surface area (TPSA) is 26.0 Å². The molecule has 0 radical (unpaired) electrons. The Morgan fingerprint density at radius 2 is 1.50 bits per heavy atom. The Balaban J connectivity index is 1.78.